The van der Waals surface area contributed by atoms with Gasteiger partial charge in [0.15, 0.2) is 0 Å². The number of hydrogen-bond acceptors (Lipinski definition) is 3. The van der Waals surface area contributed by atoms with Crippen LogP contribution in [0.1, 0.15) is 0 Å². The third kappa shape index (κ3) is 1.44. The van der Waals surface area contributed by atoms with E-state index in [0.29, 0.717) is 11.3 Å². The molecular weight excluding hydrogens is 212 g/mol. The number of rotatable bonds is 0. The molecular formula is C14H10N2O. The van der Waals surface area contributed by atoms with Crippen LogP contribution in [0.15, 0.2) is 53.5 Å². The van der Waals surface area contributed by atoms with Gasteiger partial charge in [0.2, 0.25) is 5.43 Å². The first kappa shape index (κ1) is 9.78. The molecule has 0 radical (unpaired) electrons. The lowest BCUT2D eigenvalue weighted by Gasteiger charge is -2.02. The maximum Gasteiger partial charge on any atom is 0.211 e. The van der Waals surface area contributed by atoms with Crippen LogP contribution >= 0.6 is 0 Å². The highest BCUT2D eigenvalue weighted by molar-refractivity contribution is 5.96. The third-order valence-corrected chi connectivity index (χ3v) is 2.86. The van der Waals surface area contributed by atoms with Crippen LogP contribution in [0.2, 0.25) is 0 Å². The highest BCUT2D eigenvalue weighted by Gasteiger charge is 2.11. The monoisotopic (exact) mass is 222 g/mol. The fourth-order valence-corrected chi connectivity index (χ4v) is 2.02. The van der Waals surface area contributed by atoms with Crippen LogP contribution in [0.3, 0.4) is 0 Å². The van der Waals surface area contributed by atoms with E-state index in [0.717, 1.165) is 10.8 Å². The molecule has 82 valence electrons. The zero-order valence-corrected chi connectivity index (χ0v) is 9.05. The molecule has 17 heavy (non-hydrogen) atoms. The van der Waals surface area contributed by atoms with Crippen molar-refractivity contribution in [3.8, 4) is 11.3 Å². The number of nitrogens with zero attached hydrogens (tertiary/aromatic N) is 1. The Morgan fingerprint density at radius 1 is 1.00 bits per heavy atom. The molecule has 0 unspecified atom stereocenters. The Kier molecular flexibility index (Phi) is 2.05. The first-order valence-electron chi connectivity index (χ1n) is 5.33. The minimum atomic E-state index is -0.151. The quantitative estimate of drug-likeness (QED) is 0.594. The van der Waals surface area contributed by atoms with E-state index in [1.54, 1.807) is 18.3 Å². The summed E-state index contributed by atoms with van der Waals surface area (Å²) >= 11 is 0. The predicted octanol–water partition coefficient (Wildman–Crippen LogP) is 2.28. The lowest BCUT2D eigenvalue weighted by molar-refractivity contribution is 1.35. The summed E-state index contributed by atoms with van der Waals surface area (Å²) in [6, 6.07) is 13.0. The summed E-state index contributed by atoms with van der Waals surface area (Å²) in [6.45, 7) is 0. The second-order valence-electron chi connectivity index (χ2n) is 3.91. The average molecular weight is 222 g/mol. The molecule has 3 nitrogen and oxygen atoms in total. The van der Waals surface area contributed by atoms with Gasteiger partial charge >= 0.3 is 0 Å². The summed E-state index contributed by atoms with van der Waals surface area (Å²) in [4.78, 5) is 16.4. The zero-order chi connectivity index (χ0) is 11.8. The summed E-state index contributed by atoms with van der Waals surface area (Å²) in [6.07, 6.45) is 1.71. The lowest BCUT2D eigenvalue weighted by Crippen LogP contribution is -2.10. The second kappa shape index (κ2) is 3.56. The number of fused-ring (bicyclic) bond motifs is 3. The Morgan fingerprint density at radius 3 is 2.71 bits per heavy atom. The van der Waals surface area contributed by atoms with Gasteiger partial charge in [0.1, 0.15) is 0 Å². The summed E-state index contributed by atoms with van der Waals surface area (Å²) in [5, 5.41) is 1.87. The number of anilines is 1. The Bertz CT molecular complexity index is 737. The van der Waals surface area contributed by atoms with Crippen LogP contribution < -0.4 is 11.2 Å². The van der Waals surface area contributed by atoms with Crippen LogP contribution in [0.4, 0.5) is 5.69 Å². The van der Waals surface area contributed by atoms with E-state index in [2.05, 4.69) is 4.98 Å². The summed E-state index contributed by atoms with van der Waals surface area (Å²) in [5.74, 6) is 0. The normalized spacial score (nSPS) is 10.8. The number of aromatic nitrogens is 1. The molecule has 2 N–H and O–H groups in total. The van der Waals surface area contributed by atoms with Gasteiger partial charge in [-0.2, -0.15) is 0 Å². The van der Waals surface area contributed by atoms with E-state index in [4.69, 9.17) is 5.73 Å². The molecule has 0 amide bonds. The van der Waals surface area contributed by atoms with Crippen molar-refractivity contribution in [1.82, 2.24) is 4.98 Å². The molecule has 3 heteroatoms. The van der Waals surface area contributed by atoms with Gasteiger partial charge in [-0.15, -0.1) is 0 Å². The van der Waals surface area contributed by atoms with Gasteiger partial charge in [-0.25, -0.2) is 0 Å². The van der Waals surface area contributed by atoms with Gasteiger partial charge < -0.3 is 5.73 Å². The molecule has 3 rings (SSSR count). The first-order chi connectivity index (χ1) is 8.27. The van der Waals surface area contributed by atoms with Crippen molar-refractivity contribution in [2.24, 2.45) is 0 Å². The molecule has 0 saturated heterocycles. The minimum Gasteiger partial charge on any atom is -0.396 e. The Hall–Kier alpha value is -2.42. The first-order valence-corrected chi connectivity index (χ1v) is 5.33. The predicted molar refractivity (Wildman–Crippen MR) is 69.0 cm³/mol. The molecule has 0 saturated carbocycles. The van der Waals surface area contributed by atoms with E-state index in [9.17, 15) is 4.79 Å². The molecule has 2 aliphatic rings. The van der Waals surface area contributed by atoms with Crippen molar-refractivity contribution in [2.75, 3.05) is 5.73 Å². The third-order valence-electron chi connectivity index (χ3n) is 2.86. The molecule has 0 atom stereocenters. The fourth-order valence-electron chi connectivity index (χ4n) is 2.02. The van der Waals surface area contributed by atoms with Crippen LogP contribution in [-0.2, 0) is 0 Å². The van der Waals surface area contributed by atoms with Crippen molar-refractivity contribution < 1.29 is 0 Å². The van der Waals surface area contributed by atoms with Gasteiger partial charge in [-0.1, -0.05) is 24.3 Å². The molecule has 1 aromatic carbocycles. The molecule has 0 fully saturated rings. The number of hydrogen-bond donors (Lipinski definition) is 1. The Morgan fingerprint density at radius 2 is 1.82 bits per heavy atom. The van der Waals surface area contributed by atoms with Crippen molar-refractivity contribution in [3.63, 3.8) is 0 Å². The maximum absolute atomic E-state index is 12.1. The SMILES string of the molecule is Nc1ccc2nccc3ccccc3c-2c1=O. The molecule has 1 heterocycles. The molecule has 1 aliphatic heterocycles. The largest absolute Gasteiger partial charge is 0.396 e. The van der Waals surface area contributed by atoms with Gasteiger partial charge in [0, 0.05) is 6.20 Å². The summed E-state index contributed by atoms with van der Waals surface area (Å²) in [7, 11) is 0. The highest BCUT2D eigenvalue weighted by Crippen LogP contribution is 2.24. The fraction of sp³-hybridized carbons (Fsp3) is 0. The summed E-state index contributed by atoms with van der Waals surface area (Å²) < 4.78 is 0. The average Bonchev–Trinajstić information content (AvgIpc) is 2.53. The Balaban J connectivity index is 2.64. The van der Waals surface area contributed by atoms with Gasteiger partial charge in [0.05, 0.1) is 16.9 Å². The highest BCUT2D eigenvalue weighted by atomic mass is 16.1. The standard InChI is InChI=1S/C14H10N2O/c15-11-5-6-12-13(14(11)17)10-4-2-1-3-9(10)7-8-16-12/h1-8H,15H2. The second-order valence-corrected chi connectivity index (χ2v) is 3.91. The van der Waals surface area contributed by atoms with Crippen LogP contribution in [-0.4, -0.2) is 4.98 Å². The minimum absolute atomic E-state index is 0.151. The van der Waals surface area contributed by atoms with Crippen LogP contribution in [0.25, 0.3) is 22.0 Å². The van der Waals surface area contributed by atoms with E-state index >= 15 is 0 Å². The van der Waals surface area contributed by atoms with E-state index in [1.165, 1.54) is 0 Å². The smallest absolute Gasteiger partial charge is 0.211 e. The maximum atomic E-state index is 12.1. The van der Waals surface area contributed by atoms with Crippen molar-refractivity contribution in [3.05, 3.63) is 58.9 Å². The van der Waals surface area contributed by atoms with Crippen molar-refractivity contribution in [2.45, 2.75) is 0 Å². The molecule has 0 bridgehead atoms. The van der Waals surface area contributed by atoms with Gasteiger partial charge in [0.25, 0.3) is 0 Å². The topological polar surface area (TPSA) is 56.0 Å². The molecule has 0 spiro atoms. The number of nitrogens with two attached hydrogens (primary N) is 1. The van der Waals surface area contributed by atoms with E-state index in [-0.39, 0.29) is 11.1 Å². The molecule has 1 aromatic rings. The van der Waals surface area contributed by atoms with Crippen molar-refractivity contribution in [1.29, 1.82) is 0 Å². The van der Waals surface area contributed by atoms with E-state index < -0.39 is 0 Å². The number of nitrogen functional groups attached to an aromatic ring is 1. The Labute approximate surface area is 97.9 Å². The van der Waals surface area contributed by atoms with Crippen LogP contribution in [0.5, 0.6) is 0 Å². The van der Waals surface area contributed by atoms with Crippen molar-refractivity contribution >= 4 is 16.5 Å². The van der Waals surface area contributed by atoms with Crippen LogP contribution in [0, 0.1) is 0 Å². The van der Waals surface area contributed by atoms with Gasteiger partial charge in [-0.3, -0.25) is 9.78 Å². The van der Waals surface area contributed by atoms with E-state index in [1.807, 2.05) is 30.3 Å². The number of benzene rings is 2. The lowest BCUT2D eigenvalue weighted by atomic mass is 10.0. The summed E-state index contributed by atoms with van der Waals surface area (Å²) in [5.41, 5.74) is 7.05. The van der Waals surface area contributed by atoms with Gasteiger partial charge in [-0.05, 0) is 29.0 Å². The molecule has 0 aromatic heterocycles. The molecule has 1 aliphatic carbocycles. The zero-order valence-electron chi connectivity index (χ0n) is 9.05.